The Bertz CT molecular complexity index is 362. The van der Waals surface area contributed by atoms with Gasteiger partial charge >= 0.3 is 0 Å². The molecule has 4 N–H and O–H groups in total. The lowest BCUT2D eigenvalue weighted by Gasteiger charge is -2.23. The quantitative estimate of drug-likeness (QED) is 0.486. The predicted molar refractivity (Wildman–Crippen MR) is 74.1 cm³/mol. The summed E-state index contributed by atoms with van der Waals surface area (Å²) < 4.78 is 26.7. The predicted octanol–water partition coefficient (Wildman–Crippen LogP) is 1.59. The lowest BCUT2D eigenvalue weighted by Crippen LogP contribution is -2.40. The first-order chi connectivity index (χ1) is 8.43. The van der Waals surface area contributed by atoms with Crippen LogP contribution in [0.2, 0.25) is 0 Å². The number of rotatable bonds is 7. The van der Waals surface area contributed by atoms with E-state index in [9.17, 15) is 8.42 Å². The highest BCUT2D eigenvalue weighted by molar-refractivity contribution is 7.89. The maximum absolute atomic E-state index is 12.0. The zero-order chi connectivity index (χ0) is 13.6. The molecule has 1 aliphatic carbocycles. The van der Waals surface area contributed by atoms with Crippen LogP contribution in [0.5, 0.6) is 0 Å². The minimum Gasteiger partial charge on any atom is -0.388 e. The largest absolute Gasteiger partial charge is 0.388 e. The van der Waals surface area contributed by atoms with Gasteiger partial charge in [0.2, 0.25) is 10.0 Å². The SMILES string of the molecule is CCC(CC(=N)N)NS(=O)(=O)CC1CCCCC1. The van der Waals surface area contributed by atoms with Crippen molar-refractivity contribution in [2.24, 2.45) is 11.7 Å². The Hall–Kier alpha value is -0.620. The van der Waals surface area contributed by atoms with Crippen LogP contribution >= 0.6 is 0 Å². The van der Waals surface area contributed by atoms with Crippen LogP contribution in [0.4, 0.5) is 0 Å². The van der Waals surface area contributed by atoms with E-state index in [0.29, 0.717) is 18.8 Å². The van der Waals surface area contributed by atoms with Crippen LogP contribution in [0.1, 0.15) is 51.9 Å². The lowest BCUT2D eigenvalue weighted by molar-refractivity contribution is 0.383. The summed E-state index contributed by atoms with van der Waals surface area (Å²) in [5.74, 6) is 0.551. The van der Waals surface area contributed by atoms with Gasteiger partial charge in [-0.15, -0.1) is 0 Å². The van der Waals surface area contributed by atoms with Gasteiger partial charge in [0, 0.05) is 12.5 Å². The van der Waals surface area contributed by atoms with Gasteiger partial charge in [0.15, 0.2) is 0 Å². The molecular formula is C12H25N3O2S. The van der Waals surface area contributed by atoms with E-state index in [4.69, 9.17) is 11.1 Å². The van der Waals surface area contributed by atoms with Gasteiger partial charge in [-0.2, -0.15) is 0 Å². The molecule has 0 aromatic heterocycles. The topological polar surface area (TPSA) is 96.0 Å². The fraction of sp³-hybridized carbons (Fsp3) is 0.917. The van der Waals surface area contributed by atoms with Crippen molar-refractivity contribution >= 4 is 15.9 Å². The summed E-state index contributed by atoms with van der Waals surface area (Å²) in [6.45, 7) is 1.90. The second kappa shape index (κ2) is 7.09. The number of nitrogens with two attached hydrogens (primary N) is 1. The highest BCUT2D eigenvalue weighted by atomic mass is 32.2. The molecule has 1 unspecified atom stereocenters. The zero-order valence-corrected chi connectivity index (χ0v) is 11.9. The molecule has 0 heterocycles. The summed E-state index contributed by atoms with van der Waals surface area (Å²) in [7, 11) is -3.24. The van der Waals surface area contributed by atoms with E-state index in [1.54, 1.807) is 0 Å². The Morgan fingerprint density at radius 3 is 2.50 bits per heavy atom. The van der Waals surface area contributed by atoms with Crippen molar-refractivity contribution in [3.8, 4) is 0 Å². The van der Waals surface area contributed by atoms with Gasteiger partial charge in [-0.25, -0.2) is 13.1 Å². The van der Waals surface area contributed by atoms with Crippen LogP contribution in [-0.4, -0.2) is 26.0 Å². The second-order valence-electron chi connectivity index (χ2n) is 5.24. The van der Waals surface area contributed by atoms with E-state index < -0.39 is 10.0 Å². The van der Waals surface area contributed by atoms with E-state index in [-0.39, 0.29) is 17.6 Å². The van der Waals surface area contributed by atoms with Crippen LogP contribution in [0, 0.1) is 11.3 Å². The van der Waals surface area contributed by atoms with Crippen molar-refractivity contribution in [3.63, 3.8) is 0 Å². The third-order valence-corrected chi connectivity index (χ3v) is 5.09. The Labute approximate surface area is 110 Å². The van der Waals surface area contributed by atoms with Crippen LogP contribution in [-0.2, 0) is 10.0 Å². The molecule has 0 radical (unpaired) electrons. The van der Waals surface area contributed by atoms with E-state index in [1.165, 1.54) is 6.42 Å². The second-order valence-corrected chi connectivity index (χ2v) is 7.04. The minimum atomic E-state index is -3.24. The number of hydrogen-bond donors (Lipinski definition) is 3. The summed E-state index contributed by atoms with van der Waals surface area (Å²) in [5, 5.41) is 7.23. The standard InChI is InChI=1S/C12H25N3O2S/c1-2-11(8-12(13)14)15-18(16,17)9-10-6-4-3-5-7-10/h10-11,15H,2-9H2,1H3,(H3,13,14). The average molecular weight is 275 g/mol. The molecule has 1 aliphatic rings. The maximum atomic E-state index is 12.0. The molecule has 0 aromatic rings. The van der Waals surface area contributed by atoms with Gasteiger partial charge in [0.25, 0.3) is 0 Å². The summed E-state index contributed by atoms with van der Waals surface area (Å²) >= 11 is 0. The molecule has 1 rings (SSSR count). The smallest absolute Gasteiger partial charge is 0.212 e. The van der Waals surface area contributed by atoms with Gasteiger partial charge < -0.3 is 5.73 Å². The molecule has 0 bridgehead atoms. The Balaban J connectivity index is 2.48. The Morgan fingerprint density at radius 1 is 1.39 bits per heavy atom. The first-order valence-corrected chi connectivity index (χ1v) is 8.41. The monoisotopic (exact) mass is 275 g/mol. The molecular weight excluding hydrogens is 250 g/mol. The molecule has 0 amide bonds. The number of nitrogens with one attached hydrogen (secondary N) is 2. The van der Waals surface area contributed by atoms with Crippen LogP contribution in [0.15, 0.2) is 0 Å². The number of amidine groups is 1. The summed E-state index contributed by atoms with van der Waals surface area (Å²) in [6, 6.07) is -0.240. The van der Waals surface area contributed by atoms with Crippen molar-refractivity contribution in [1.82, 2.24) is 4.72 Å². The van der Waals surface area contributed by atoms with Crippen LogP contribution < -0.4 is 10.5 Å². The Kier molecular flexibility index (Phi) is 6.08. The molecule has 6 heteroatoms. The highest BCUT2D eigenvalue weighted by Gasteiger charge is 2.23. The fourth-order valence-electron chi connectivity index (χ4n) is 2.50. The zero-order valence-electron chi connectivity index (χ0n) is 11.1. The lowest BCUT2D eigenvalue weighted by atomic mass is 9.91. The van der Waals surface area contributed by atoms with Crippen LogP contribution in [0.25, 0.3) is 0 Å². The van der Waals surface area contributed by atoms with Crippen molar-refractivity contribution in [2.45, 2.75) is 57.9 Å². The summed E-state index contributed by atoms with van der Waals surface area (Å²) in [6.07, 6.45) is 6.50. The van der Waals surface area contributed by atoms with Crippen molar-refractivity contribution < 1.29 is 8.42 Å². The first-order valence-electron chi connectivity index (χ1n) is 6.76. The Morgan fingerprint density at radius 2 is 2.00 bits per heavy atom. The third kappa shape index (κ3) is 5.82. The van der Waals surface area contributed by atoms with Crippen molar-refractivity contribution in [2.75, 3.05) is 5.75 Å². The molecule has 1 atom stereocenters. The molecule has 0 saturated heterocycles. The van der Waals surface area contributed by atoms with E-state index in [0.717, 1.165) is 25.7 Å². The number of sulfonamides is 1. The molecule has 1 fully saturated rings. The average Bonchev–Trinajstić information content (AvgIpc) is 2.27. The van der Waals surface area contributed by atoms with Gasteiger partial charge in [-0.05, 0) is 25.2 Å². The normalized spacial score (nSPS) is 19.6. The van der Waals surface area contributed by atoms with Crippen molar-refractivity contribution in [3.05, 3.63) is 0 Å². The summed E-state index contributed by atoms with van der Waals surface area (Å²) in [4.78, 5) is 0. The first kappa shape index (κ1) is 15.4. The van der Waals surface area contributed by atoms with E-state index in [1.807, 2.05) is 6.92 Å². The van der Waals surface area contributed by atoms with Gasteiger partial charge in [0.1, 0.15) is 0 Å². The van der Waals surface area contributed by atoms with Crippen LogP contribution in [0.3, 0.4) is 0 Å². The molecule has 0 spiro atoms. The maximum Gasteiger partial charge on any atom is 0.212 e. The molecule has 0 aliphatic heterocycles. The molecule has 1 saturated carbocycles. The number of hydrogen-bond acceptors (Lipinski definition) is 3. The summed E-state index contributed by atoms with van der Waals surface area (Å²) in [5.41, 5.74) is 5.32. The van der Waals surface area contributed by atoms with Gasteiger partial charge in [0.05, 0.1) is 11.6 Å². The highest BCUT2D eigenvalue weighted by Crippen LogP contribution is 2.24. The molecule has 106 valence electrons. The van der Waals surface area contributed by atoms with Crippen molar-refractivity contribution in [1.29, 1.82) is 5.41 Å². The third-order valence-electron chi connectivity index (χ3n) is 3.49. The molecule has 5 nitrogen and oxygen atoms in total. The van der Waals surface area contributed by atoms with Gasteiger partial charge in [-0.3, -0.25) is 5.41 Å². The molecule has 18 heavy (non-hydrogen) atoms. The van der Waals surface area contributed by atoms with Gasteiger partial charge in [-0.1, -0.05) is 26.2 Å². The van der Waals surface area contributed by atoms with E-state index >= 15 is 0 Å². The fourth-order valence-corrected chi connectivity index (χ4v) is 4.31. The molecule has 0 aromatic carbocycles. The minimum absolute atomic E-state index is 0.0298. The van der Waals surface area contributed by atoms with E-state index in [2.05, 4.69) is 4.72 Å².